The molecule has 2 heterocycles. The van der Waals surface area contributed by atoms with Gasteiger partial charge in [0.05, 0.1) is 16.5 Å². The zero-order chi connectivity index (χ0) is 26.6. The van der Waals surface area contributed by atoms with Crippen LogP contribution in [0.5, 0.6) is 0 Å². The molecule has 0 bridgehead atoms. The fourth-order valence-corrected chi connectivity index (χ4v) is 6.70. The van der Waals surface area contributed by atoms with E-state index < -0.39 is 28.5 Å². The van der Waals surface area contributed by atoms with Gasteiger partial charge in [-0.15, -0.1) is 11.3 Å². The molecule has 2 aliphatic carbocycles. The first-order chi connectivity index (χ1) is 17.4. The molecule has 4 N–H and O–H groups in total. The number of aliphatic carboxylic acids is 1. The van der Waals surface area contributed by atoms with Crippen LogP contribution in [0.15, 0.2) is 36.7 Å². The predicted molar refractivity (Wildman–Crippen MR) is 143 cm³/mol. The molecule has 2 aliphatic rings. The Morgan fingerprint density at radius 1 is 1.19 bits per heavy atom. The van der Waals surface area contributed by atoms with Crippen molar-refractivity contribution in [1.82, 2.24) is 15.0 Å². The van der Waals surface area contributed by atoms with Gasteiger partial charge in [-0.2, -0.15) is 0 Å². The number of nitrogens with zero attached hydrogens (tertiary/aromatic N) is 3. The first-order valence-electron chi connectivity index (χ1n) is 12.7. The van der Waals surface area contributed by atoms with Gasteiger partial charge in [0.2, 0.25) is 5.95 Å². The Balaban J connectivity index is 1.38. The summed E-state index contributed by atoms with van der Waals surface area (Å²) in [5, 5.41) is 35.8. The topological polar surface area (TPSA) is 128 Å². The van der Waals surface area contributed by atoms with E-state index in [0.717, 1.165) is 34.5 Å². The van der Waals surface area contributed by atoms with E-state index in [2.05, 4.69) is 26.3 Å². The number of aromatic nitrogens is 3. The average Bonchev–Trinajstić information content (AvgIpc) is 3.55. The van der Waals surface area contributed by atoms with E-state index in [1.54, 1.807) is 18.5 Å². The van der Waals surface area contributed by atoms with Gasteiger partial charge in [-0.1, -0.05) is 19.9 Å². The van der Waals surface area contributed by atoms with Crippen LogP contribution in [-0.2, 0) is 16.0 Å². The number of rotatable bonds is 7. The van der Waals surface area contributed by atoms with Crippen LogP contribution in [0.2, 0.25) is 0 Å². The first kappa shape index (κ1) is 25.8. The van der Waals surface area contributed by atoms with Crippen molar-refractivity contribution in [2.24, 2.45) is 17.3 Å². The highest BCUT2D eigenvalue weighted by molar-refractivity contribution is 7.15. The quantitative estimate of drug-likeness (QED) is 0.326. The molecule has 196 valence electrons. The average molecular weight is 523 g/mol. The smallest absolute Gasteiger partial charge is 0.307 e. The third kappa shape index (κ3) is 5.12. The first-order valence-corrected chi connectivity index (χ1v) is 13.6. The van der Waals surface area contributed by atoms with Gasteiger partial charge < -0.3 is 20.6 Å². The summed E-state index contributed by atoms with van der Waals surface area (Å²) in [6.07, 6.45) is 6.59. The Kier molecular flexibility index (Phi) is 6.37. The molecular weight excluding hydrogens is 488 g/mol. The minimum atomic E-state index is -1.14. The molecular formula is C28H34N4O4S. The Labute approximate surface area is 220 Å². The van der Waals surface area contributed by atoms with E-state index in [1.165, 1.54) is 11.3 Å². The van der Waals surface area contributed by atoms with Gasteiger partial charge in [0.15, 0.2) is 0 Å². The van der Waals surface area contributed by atoms with E-state index in [0.29, 0.717) is 35.9 Å². The molecule has 0 spiro atoms. The minimum Gasteiger partial charge on any atom is -0.481 e. The standard InChI is InChI=1S/C28H34N4O4S/c1-16-11-17(13-19(12-16)31-25-29-10-8-22(32-25)27(4,35)18-5-6-18)21-14-30-24(37-21)28(36)9-7-20(23(33)34)26(2,3)15-28/h8,10-14,18,20,35-36H,5-7,9,15H2,1-4H3,(H,33,34)(H,29,31,32)/t20-,27?,28-/m1/s1. The number of benzene rings is 1. The largest absolute Gasteiger partial charge is 0.481 e. The molecule has 37 heavy (non-hydrogen) atoms. The molecule has 3 aromatic rings. The minimum absolute atomic E-state index is 0.237. The van der Waals surface area contributed by atoms with Crippen LogP contribution in [0.25, 0.3) is 10.4 Å². The second-order valence-corrected chi connectivity index (χ2v) is 12.6. The third-order valence-electron chi connectivity index (χ3n) is 7.90. The summed E-state index contributed by atoms with van der Waals surface area (Å²) >= 11 is 1.44. The van der Waals surface area contributed by atoms with Crippen molar-refractivity contribution in [3.8, 4) is 10.4 Å². The lowest BCUT2D eigenvalue weighted by molar-refractivity contribution is -0.154. The fourth-order valence-electron chi connectivity index (χ4n) is 5.68. The van der Waals surface area contributed by atoms with Gasteiger partial charge >= 0.3 is 5.97 Å². The number of carboxylic acid groups (broad SMARTS) is 1. The summed E-state index contributed by atoms with van der Waals surface area (Å²) in [6, 6.07) is 7.82. The van der Waals surface area contributed by atoms with E-state index in [1.807, 2.05) is 39.8 Å². The number of hydrogen-bond donors (Lipinski definition) is 4. The molecule has 5 rings (SSSR count). The Bertz CT molecular complexity index is 1330. The van der Waals surface area contributed by atoms with Gasteiger partial charge in [-0.3, -0.25) is 4.79 Å². The molecule has 2 saturated carbocycles. The highest BCUT2D eigenvalue weighted by atomic mass is 32.1. The number of aliphatic hydroxyl groups is 2. The maximum atomic E-state index is 11.7. The van der Waals surface area contributed by atoms with E-state index in [9.17, 15) is 20.1 Å². The number of anilines is 2. The van der Waals surface area contributed by atoms with Crippen LogP contribution in [-0.4, -0.2) is 36.2 Å². The SMILES string of the molecule is Cc1cc(Nc2nccc(C(C)(O)C3CC3)n2)cc(-c2cnc([C@@]3(O)CC[C@H](C(=O)O)C(C)(C)C3)s2)c1. The Morgan fingerprint density at radius 2 is 1.95 bits per heavy atom. The molecule has 1 aromatic carbocycles. The van der Waals surface area contributed by atoms with Crippen molar-refractivity contribution >= 4 is 28.9 Å². The van der Waals surface area contributed by atoms with Gasteiger partial charge in [0.25, 0.3) is 0 Å². The number of thiazole rings is 1. The fraction of sp³-hybridized carbons (Fsp3) is 0.500. The molecule has 3 atom stereocenters. The van der Waals surface area contributed by atoms with Crippen molar-refractivity contribution in [1.29, 1.82) is 0 Å². The van der Waals surface area contributed by atoms with Crippen molar-refractivity contribution in [3.05, 3.63) is 52.9 Å². The lowest BCUT2D eigenvalue weighted by atomic mass is 9.63. The molecule has 9 heteroatoms. The lowest BCUT2D eigenvalue weighted by Crippen LogP contribution is -2.44. The normalized spacial score (nSPS) is 24.9. The molecule has 0 radical (unpaired) electrons. The summed E-state index contributed by atoms with van der Waals surface area (Å²) in [4.78, 5) is 26.1. The van der Waals surface area contributed by atoms with Gasteiger partial charge in [0.1, 0.15) is 16.2 Å². The molecule has 0 saturated heterocycles. The second-order valence-electron chi connectivity index (χ2n) is 11.6. The van der Waals surface area contributed by atoms with Crippen LogP contribution in [0.1, 0.15) is 69.1 Å². The van der Waals surface area contributed by atoms with E-state index >= 15 is 0 Å². The zero-order valence-electron chi connectivity index (χ0n) is 21.7. The van der Waals surface area contributed by atoms with Gasteiger partial charge in [0, 0.05) is 18.1 Å². The third-order valence-corrected chi connectivity index (χ3v) is 9.14. The maximum Gasteiger partial charge on any atom is 0.307 e. The van der Waals surface area contributed by atoms with Crippen molar-refractivity contribution < 1.29 is 20.1 Å². The van der Waals surface area contributed by atoms with Gasteiger partial charge in [-0.05, 0) is 86.6 Å². The summed E-state index contributed by atoms with van der Waals surface area (Å²) in [5.41, 5.74) is 0.776. The zero-order valence-corrected chi connectivity index (χ0v) is 22.5. The predicted octanol–water partition coefficient (Wildman–Crippen LogP) is 5.37. The van der Waals surface area contributed by atoms with Crippen molar-refractivity contribution in [3.63, 3.8) is 0 Å². The lowest BCUT2D eigenvalue weighted by Gasteiger charge is -2.44. The van der Waals surface area contributed by atoms with E-state index in [4.69, 9.17) is 0 Å². The number of nitrogens with one attached hydrogen (secondary N) is 1. The Morgan fingerprint density at radius 3 is 2.62 bits per heavy atom. The van der Waals surface area contributed by atoms with Gasteiger partial charge in [-0.25, -0.2) is 15.0 Å². The number of hydrogen-bond acceptors (Lipinski definition) is 8. The summed E-state index contributed by atoms with van der Waals surface area (Å²) < 4.78 is 0. The van der Waals surface area contributed by atoms with Crippen molar-refractivity contribution in [2.75, 3.05) is 5.32 Å². The number of carboxylic acids is 1. The second kappa shape index (κ2) is 9.15. The summed E-state index contributed by atoms with van der Waals surface area (Å²) in [5.74, 6) is -0.628. The summed E-state index contributed by atoms with van der Waals surface area (Å²) in [6.45, 7) is 7.63. The summed E-state index contributed by atoms with van der Waals surface area (Å²) in [7, 11) is 0. The molecule has 2 fully saturated rings. The number of aryl methyl sites for hydroxylation is 1. The van der Waals surface area contributed by atoms with Crippen molar-refractivity contribution in [2.45, 2.75) is 71.0 Å². The van der Waals surface area contributed by atoms with Crippen LogP contribution in [0.3, 0.4) is 0 Å². The molecule has 0 aliphatic heterocycles. The van der Waals surface area contributed by atoms with Crippen LogP contribution >= 0.6 is 11.3 Å². The highest BCUT2D eigenvalue weighted by Crippen LogP contribution is 2.51. The molecule has 0 amide bonds. The van der Waals surface area contributed by atoms with Crippen LogP contribution in [0, 0.1) is 24.2 Å². The Hall–Kier alpha value is -2.88. The number of carbonyl (C=O) groups is 1. The molecule has 1 unspecified atom stereocenters. The maximum absolute atomic E-state index is 11.7. The van der Waals surface area contributed by atoms with Crippen LogP contribution in [0.4, 0.5) is 11.6 Å². The monoisotopic (exact) mass is 522 g/mol. The highest BCUT2D eigenvalue weighted by Gasteiger charge is 2.49. The van der Waals surface area contributed by atoms with E-state index in [-0.39, 0.29) is 5.92 Å². The molecule has 8 nitrogen and oxygen atoms in total. The molecule has 2 aromatic heterocycles. The van der Waals surface area contributed by atoms with Crippen LogP contribution < -0.4 is 5.32 Å².